The lowest BCUT2D eigenvalue weighted by molar-refractivity contribution is -0.475. The molecule has 0 unspecified atom stereocenters. The smallest absolute Gasteiger partial charge is 0.267 e. The first-order chi connectivity index (χ1) is 6.15. The van der Waals surface area contributed by atoms with E-state index in [4.69, 9.17) is 0 Å². The van der Waals surface area contributed by atoms with Crippen molar-refractivity contribution in [2.45, 2.75) is 6.92 Å². The number of hydrogen-bond donors (Lipinski definition) is 1. The quantitative estimate of drug-likeness (QED) is 0.686. The topological polar surface area (TPSA) is 54.0 Å². The van der Waals surface area contributed by atoms with Gasteiger partial charge in [0.1, 0.15) is 0 Å². The normalized spacial score (nSPS) is 17.7. The minimum absolute atomic E-state index is 0.176. The van der Waals surface area contributed by atoms with Crippen molar-refractivity contribution < 1.29 is 14.9 Å². The molecule has 0 aliphatic carbocycles. The van der Waals surface area contributed by atoms with Crippen LogP contribution in [0.25, 0.3) is 0 Å². The Kier molecular flexibility index (Phi) is 3.50. The molecule has 1 aliphatic rings. The third kappa shape index (κ3) is 2.57. The molecule has 0 atom stereocenters. The van der Waals surface area contributed by atoms with Crippen LogP contribution in [0.4, 0.5) is 4.79 Å². The van der Waals surface area contributed by atoms with E-state index in [9.17, 15) is 9.59 Å². The molecular weight excluding hydrogens is 188 g/mol. The molecule has 0 aromatic heterocycles. The Balaban J connectivity index is 2.64. The maximum atomic E-state index is 11.3. The zero-order valence-electron chi connectivity index (χ0n) is 7.74. The van der Waals surface area contributed by atoms with E-state index in [0.717, 1.165) is 11.1 Å². The second kappa shape index (κ2) is 4.43. The lowest BCUT2D eigenvalue weighted by atomic mass is 10.2. The number of carbonyl (C=O) groups is 2. The molecule has 5 heteroatoms. The van der Waals surface area contributed by atoms with Crippen LogP contribution in [0.5, 0.6) is 0 Å². The molecule has 0 aromatic rings. The number of hydrogen-bond acceptors (Lipinski definition) is 3. The number of thioether (sulfide) groups is 1. The van der Waals surface area contributed by atoms with E-state index < -0.39 is 0 Å². The third-order valence-electron chi connectivity index (χ3n) is 1.81. The SMILES string of the molecule is CSCCN1C=C(C)C(=O)[NH2+]C1=O. The van der Waals surface area contributed by atoms with E-state index in [-0.39, 0.29) is 11.9 Å². The van der Waals surface area contributed by atoms with Crippen molar-refractivity contribution in [1.29, 1.82) is 0 Å². The van der Waals surface area contributed by atoms with Crippen LogP contribution in [0.3, 0.4) is 0 Å². The van der Waals surface area contributed by atoms with Crippen molar-refractivity contribution in [1.82, 2.24) is 4.90 Å². The Morgan fingerprint density at radius 3 is 2.85 bits per heavy atom. The highest BCUT2D eigenvalue weighted by atomic mass is 32.2. The van der Waals surface area contributed by atoms with E-state index in [1.54, 1.807) is 29.8 Å². The number of imide groups is 1. The predicted molar refractivity (Wildman–Crippen MR) is 51.2 cm³/mol. The summed E-state index contributed by atoms with van der Waals surface area (Å²) in [7, 11) is 0. The minimum Gasteiger partial charge on any atom is -0.267 e. The van der Waals surface area contributed by atoms with Crippen LogP contribution in [-0.2, 0) is 4.79 Å². The first kappa shape index (κ1) is 10.3. The van der Waals surface area contributed by atoms with Crippen LogP contribution in [-0.4, -0.2) is 35.4 Å². The molecule has 13 heavy (non-hydrogen) atoms. The number of urea groups is 1. The second-order valence-corrected chi connectivity index (χ2v) is 3.83. The van der Waals surface area contributed by atoms with Gasteiger partial charge in [0.2, 0.25) is 0 Å². The van der Waals surface area contributed by atoms with E-state index in [1.807, 2.05) is 6.26 Å². The Bertz CT molecular complexity index is 263. The fraction of sp³-hybridized carbons (Fsp3) is 0.500. The first-order valence-electron chi connectivity index (χ1n) is 4.02. The van der Waals surface area contributed by atoms with Gasteiger partial charge in [-0.25, -0.2) is 9.59 Å². The average molecular weight is 201 g/mol. The van der Waals surface area contributed by atoms with E-state index in [0.29, 0.717) is 12.1 Å². The maximum Gasteiger partial charge on any atom is 0.427 e. The number of carbonyl (C=O) groups excluding carboxylic acids is 2. The third-order valence-corrected chi connectivity index (χ3v) is 2.40. The number of primary amides is 2. The van der Waals surface area contributed by atoms with E-state index >= 15 is 0 Å². The van der Waals surface area contributed by atoms with E-state index in [1.165, 1.54) is 0 Å². The van der Waals surface area contributed by atoms with Gasteiger partial charge in [0.15, 0.2) is 0 Å². The molecule has 0 bridgehead atoms. The Morgan fingerprint density at radius 2 is 2.23 bits per heavy atom. The molecule has 0 spiro atoms. The Labute approximate surface area is 81.4 Å². The summed E-state index contributed by atoms with van der Waals surface area (Å²) >= 11 is 1.68. The van der Waals surface area contributed by atoms with Gasteiger partial charge >= 0.3 is 11.9 Å². The zero-order valence-corrected chi connectivity index (χ0v) is 8.56. The Hall–Kier alpha value is -0.810. The van der Waals surface area contributed by atoms with Gasteiger partial charge in [-0.3, -0.25) is 4.90 Å². The number of rotatable bonds is 3. The van der Waals surface area contributed by atoms with Gasteiger partial charge in [0, 0.05) is 18.5 Å². The highest BCUT2D eigenvalue weighted by Crippen LogP contribution is 2.02. The molecule has 0 fully saturated rings. The fourth-order valence-corrected chi connectivity index (χ4v) is 1.41. The molecule has 0 radical (unpaired) electrons. The highest BCUT2D eigenvalue weighted by molar-refractivity contribution is 7.98. The largest absolute Gasteiger partial charge is 0.427 e. The van der Waals surface area contributed by atoms with Crippen molar-refractivity contribution >= 4 is 23.7 Å². The molecule has 0 aromatic carbocycles. The number of amides is 3. The number of quaternary nitrogens is 1. The molecular formula is C8H13N2O2S+. The van der Waals surface area contributed by atoms with Crippen LogP contribution in [0.1, 0.15) is 6.92 Å². The lowest BCUT2D eigenvalue weighted by Crippen LogP contribution is -2.95. The van der Waals surface area contributed by atoms with Crippen LogP contribution >= 0.6 is 11.8 Å². The molecule has 3 amide bonds. The van der Waals surface area contributed by atoms with Gasteiger partial charge in [-0.05, 0) is 13.2 Å². The van der Waals surface area contributed by atoms with Crippen molar-refractivity contribution in [2.24, 2.45) is 0 Å². The summed E-state index contributed by atoms with van der Waals surface area (Å²) in [5.74, 6) is 0.711. The van der Waals surface area contributed by atoms with Crippen LogP contribution in [0.2, 0.25) is 0 Å². The highest BCUT2D eigenvalue weighted by Gasteiger charge is 2.26. The Morgan fingerprint density at radius 1 is 1.54 bits per heavy atom. The van der Waals surface area contributed by atoms with Crippen molar-refractivity contribution in [3.05, 3.63) is 11.8 Å². The number of nitrogens with zero attached hydrogens (tertiary/aromatic N) is 1. The summed E-state index contributed by atoms with van der Waals surface area (Å²) in [6.45, 7) is 2.39. The molecule has 1 aliphatic heterocycles. The van der Waals surface area contributed by atoms with Crippen molar-refractivity contribution in [3.8, 4) is 0 Å². The molecule has 0 saturated heterocycles. The van der Waals surface area contributed by atoms with Crippen molar-refractivity contribution in [3.63, 3.8) is 0 Å². The average Bonchev–Trinajstić information content (AvgIpc) is 2.09. The fourth-order valence-electron chi connectivity index (χ4n) is 1.03. The van der Waals surface area contributed by atoms with Gasteiger partial charge in [-0.15, -0.1) is 0 Å². The van der Waals surface area contributed by atoms with Crippen LogP contribution < -0.4 is 5.32 Å². The molecule has 1 rings (SSSR count). The monoisotopic (exact) mass is 201 g/mol. The van der Waals surface area contributed by atoms with Gasteiger partial charge in [0.05, 0.1) is 5.57 Å². The maximum absolute atomic E-state index is 11.3. The summed E-state index contributed by atoms with van der Waals surface area (Å²) in [5, 5.41) is 1.15. The standard InChI is InChI=1S/C8H12N2O2S/c1-6-5-10(3-4-13-2)8(12)9-7(6)11/h5H,3-4H2,1-2H3,(H,9,11,12)/p+1. The number of nitrogens with two attached hydrogens (primary N) is 1. The molecule has 1 heterocycles. The van der Waals surface area contributed by atoms with Crippen LogP contribution in [0.15, 0.2) is 11.8 Å². The van der Waals surface area contributed by atoms with Gasteiger partial charge in [-0.1, -0.05) is 0 Å². The van der Waals surface area contributed by atoms with Gasteiger partial charge in [-0.2, -0.15) is 17.1 Å². The summed E-state index contributed by atoms with van der Waals surface area (Å²) in [5.41, 5.74) is 0.626. The second-order valence-electron chi connectivity index (χ2n) is 2.85. The first-order valence-corrected chi connectivity index (χ1v) is 5.41. The lowest BCUT2D eigenvalue weighted by Gasteiger charge is -2.18. The summed E-state index contributed by atoms with van der Waals surface area (Å²) < 4.78 is 0. The minimum atomic E-state index is -0.204. The summed E-state index contributed by atoms with van der Waals surface area (Å²) in [4.78, 5) is 23.9. The van der Waals surface area contributed by atoms with Gasteiger partial charge < -0.3 is 0 Å². The molecule has 4 nitrogen and oxygen atoms in total. The van der Waals surface area contributed by atoms with Crippen LogP contribution in [0, 0.1) is 0 Å². The molecule has 2 N–H and O–H groups in total. The van der Waals surface area contributed by atoms with E-state index in [2.05, 4.69) is 0 Å². The molecule has 72 valence electrons. The zero-order chi connectivity index (χ0) is 9.84. The van der Waals surface area contributed by atoms with Gasteiger partial charge in [0.25, 0.3) is 0 Å². The predicted octanol–water partition coefficient (Wildman–Crippen LogP) is -0.221. The van der Waals surface area contributed by atoms with Crippen molar-refractivity contribution in [2.75, 3.05) is 18.6 Å². The summed E-state index contributed by atoms with van der Waals surface area (Å²) in [6, 6.07) is -0.204. The summed E-state index contributed by atoms with van der Waals surface area (Å²) in [6.07, 6.45) is 3.61. The molecule has 0 saturated carbocycles.